The van der Waals surface area contributed by atoms with Gasteiger partial charge in [0.25, 0.3) is 0 Å². The minimum Gasteiger partial charge on any atom is -0.373 e. The molecule has 0 saturated carbocycles. The fourth-order valence-electron chi connectivity index (χ4n) is 3.84. The van der Waals surface area contributed by atoms with E-state index in [4.69, 9.17) is 19.5 Å². The number of fused-ring (bicyclic) bond motifs is 1. The van der Waals surface area contributed by atoms with Gasteiger partial charge in [0.05, 0.1) is 18.8 Å². The standard InChI is InChI=1S/C26H25F2NO3/c1-2-11-30-22-15-31-26(32-16-22)20-9-10-23-19(13-20)8-7-18(25(23)28)5-3-17-4-6-21(14-29)24(27)12-17/h4,6-10,12-13,22,26H,2-3,5,11,15-16H2,1H3. The Balaban J connectivity index is 1.44. The predicted octanol–water partition coefficient (Wildman–Crippen LogP) is 5.62. The highest BCUT2D eigenvalue weighted by atomic mass is 19.1. The van der Waals surface area contributed by atoms with Gasteiger partial charge in [-0.15, -0.1) is 0 Å². The Hall–Kier alpha value is -2.85. The number of nitriles is 1. The van der Waals surface area contributed by atoms with Crippen molar-refractivity contribution < 1.29 is 23.0 Å². The Morgan fingerprint density at radius 2 is 1.84 bits per heavy atom. The first-order valence-corrected chi connectivity index (χ1v) is 10.8. The van der Waals surface area contributed by atoms with E-state index in [0.29, 0.717) is 43.6 Å². The van der Waals surface area contributed by atoms with Gasteiger partial charge in [-0.25, -0.2) is 8.78 Å². The van der Waals surface area contributed by atoms with Gasteiger partial charge in [0.15, 0.2) is 6.29 Å². The van der Waals surface area contributed by atoms with E-state index in [0.717, 1.165) is 22.9 Å². The normalized spacial score (nSPS) is 18.6. The summed E-state index contributed by atoms with van der Waals surface area (Å²) in [4.78, 5) is 0. The number of rotatable bonds is 7. The number of nitrogens with zero attached hydrogens (tertiary/aromatic N) is 1. The molecule has 0 amide bonds. The summed E-state index contributed by atoms with van der Waals surface area (Å²) in [5.74, 6) is -0.825. The van der Waals surface area contributed by atoms with Crippen molar-refractivity contribution in [1.82, 2.24) is 0 Å². The average molecular weight is 437 g/mol. The van der Waals surface area contributed by atoms with Crippen LogP contribution in [0.25, 0.3) is 10.8 Å². The number of ether oxygens (including phenoxy) is 3. The van der Waals surface area contributed by atoms with Crippen molar-refractivity contribution >= 4 is 10.8 Å². The van der Waals surface area contributed by atoms with Gasteiger partial charge >= 0.3 is 0 Å². The zero-order valence-corrected chi connectivity index (χ0v) is 17.9. The minimum absolute atomic E-state index is 0.0105. The van der Waals surface area contributed by atoms with E-state index in [1.54, 1.807) is 24.3 Å². The maximum Gasteiger partial charge on any atom is 0.184 e. The third-order valence-corrected chi connectivity index (χ3v) is 5.59. The minimum atomic E-state index is -0.549. The Morgan fingerprint density at radius 3 is 2.56 bits per heavy atom. The van der Waals surface area contributed by atoms with Crippen LogP contribution in [0.4, 0.5) is 8.78 Å². The lowest BCUT2D eigenvalue weighted by atomic mass is 9.98. The topological polar surface area (TPSA) is 51.5 Å². The van der Waals surface area contributed by atoms with E-state index >= 15 is 4.39 Å². The molecule has 0 aliphatic carbocycles. The van der Waals surface area contributed by atoms with Crippen LogP contribution in [0.5, 0.6) is 0 Å². The summed E-state index contributed by atoms with van der Waals surface area (Å²) >= 11 is 0. The Labute approximate surface area is 186 Å². The van der Waals surface area contributed by atoms with Crippen molar-refractivity contribution in [1.29, 1.82) is 5.26 Å². The molecular weight excluding hydrogens is 412 g/mol. The van der Waals surface area contributed by atoms with Crippen LogP contribution >= 0.6 is 0 Å². The van der Waals surface area contributed by atoms with Crippen molar-refractivity contribution in [2.24, 2.45) is 0 Å². The molecule has 0 bridgehead atoms. The highest BCUT2D eigenvalue weighted by Crippen LogP contribution is 2.29. The number of halogens is 2. The first kappa shape index (κ1) is 22.3. The molecule has 1 saturated heterocycles. The average Bonchev–Trinajstić information content (AvgIpc) is 2.82. The molecule has 3 aromatic rings. The molecule has 4 nitrogen and oxygen atoms in total. The largest absolute Gasteiger partial charge is 0.373 e. The van der Waals surface area contributed by atoms with Crippen LogP contribution in [0.2, 0.25) is 0 Å². The van der Waals surface area contributed by atoms with Gasteiger partial charge in [0.2, 0.25) is 0 Å². The molecule has 0 atom stereocenters. The Kier molecular flexibility index (Phi) is 7.11. The Bertz CT molecular complexity index is 1130. The number of hydrogen-bond acceptors (Lipinski definition) is 4. The van der Waals surface area contributed by atoms with Crippen LogP contribution in [0.15, 0.2) is 48.5 Å². The van der Waals surface area contributed by atoms with Crippen LogP contribution in [0, 0.1) is 23.0 Å². The summed E-state index contributed by atoms with van der Waals surface area (Å²) in [5.41, 5.74) is 2.14. The maximum atomic E-state index is 15.1. The molecule has 1 aliphatic heterocycles. The molecule has 0 radical (unpaired) electrons. The highest BCUT2D eigenvalue weighted by molar-refractivity contribution is 5.84. The highest BCUT2D eigenvalue weighted by Gasteiger charge is 2.24. The third-order valence-electron chi connectivity index (χ3n) is 5.59. The first-order valence-electron chi connectivity index (χ1n) is 10.8. The van der Waals surface area contributed by atoms with Crippen molar-refractivity contribution in [2.75, 3.05) is 19.8 Å². The van der Waals surface area contributed by atoms with Crippen molar-refractivity contribution in [2.45, 2.75) is 38.6 Å². The molecule has 3 aromatic carbocycles. The summed E-state index contributed by atoms with van der Waals surface area (Å²) in [6, 6.07) is 15.4. The second-order valence-corrected chi connectivity index (χ2v) is 7.94. The smallest absolute Gasteiger partial charge is 0.184 e. The summed E-state index contributed by atoms with van der Waals surface area (Å²) in [7, 11) is 0. The maximum absolute atomic E-state index is 15.1. The summed E-state index contributed by atoms with van der Waals surface area (Å²) in [5, 5.41) is 10.1. The second kappa shape index (κ2) is 10.2. The molecule has 1 aliphatic rings. The quantitative estimate of drug-likeness (QED) is 0.482. The second-order valence-electron chi connectivity index (χ2n) is 7.94. The number of benzene rings is 3. The van der Waals surface area contributed by atoms with Crippen molar-refractivity contribution in [3.05, 3.63) is 82.4 Å². The molecule has 1 heterocycles. The number of hydrogen-bond donors (Lipinski definition) is 0. The van der Waals surface area contributed by atoms with Gasteiger partial charge in [0, 0.05) is 17.6 Å². The van der Waals surface area contributed by atoms with Gasteiger partial charge in [-0.1, -0.05) is 37.3 Å². The molecule has 4 rings (SSSR count). The van der Waals surface area contributed by atoms with Crippen LogP contribution < -0.4 is 0 Å². The molecular formula is C26H25F2NO3. The van der Waals surface area contributed by atoms with E-state index in [1.165, 1.54) is 12.1 Å². The third kappa shape index (κ3) is 4.97. The van der Waals surface area contributed by atoms with Crippen LogP contribution in [0.3, 0.4) is 0 Å². The molecule has 6 heteroatoms. The lowest BCUT2D eigenvalue weighted by Crippen LogP contribution is -2.33. The molecule has 0 aromatic heterocycles. The van der Waals surface area contributed by atoms with Gasteiger partial charge in [-0.2, -0.15) is 5.26 Å². The molecule has 1 fully saturated rings. The zero-order chi connectivity index (χ0) is 22.5. The molecule has 0 unspecified atom stereocenters. The molecule has 0 N–H and O–H groups in total. The molecule has 166 valence electrons. The summed E-state index contributed by atoms with van der Waals surface area (Å²) in [6.45, 7) is 3.66. The summed E-state index contributed by atoms with van der Waals surface area (Å²) in [6.07, 6.45) is 1.31. The lowest BCUT2D eigenvalue weighted by Gasteiger charge is -2.29. The van der Waals surface area contributed by atoms with Crippen molar-refractivity contribution in [3.63, 3.8) is 0 Å². The monoisotopic (exact) mass is 437 g/mol. The Morgan fingerprint density at radius 1 is 1.03 bits per heavy atom. The molecule has 32 heavy (non-hydrogen) atoms. The van der Waals surface area contributed by atoms with Gasteiger partial charge in [0.1, 0.15) is 23.8 Å². The van der Waals surface area contributed by atoms with Crippen LogP contribution in [0.1, 0.15) is 41.9 Å². The van der Waals surface area contributed by atoms with E-state index in [2.05, 4.69) is 6.92 Å². The van der Waals surface area contributed by atoms with E-state index in [9.17, 15) is 4.39 Å². The number of aryl methyl sites for hydroxylation is 2. The fraction of sp³-hybridized carbons (Fsp3) is 0.346. The van der Waals surface area contributed by atoms with E-state index in [-0.39, 0.29) is 17.5 Å². The van der Waals surface area contributed by atoms with Crippen LogP contribution in [-0.4, -0.2) is 25.9 Å². The lowest BCUT2D eigenvalue weighted by molar-refractivity contribution is -0.230. The summed E-state index contributed by atoms with van der Waals surface area (Å²) < 4.78 is 46.2. The van der Waals surface area contributed by atoms with Gasteiger partial charge in [-0.05, 0) is 54.0 Å². The van der Waals surface area contributed by atoms with E-state index in [1.807, 2.05) is 18.2 Å². The van der Waals surface area contributed by atoms with Crippen LogP contribution in [-0.2, 0) is 27.1 Å². The zero-order valence-electron chi connectivity index (χ0n) is 17.9. The first-order chi connectivity index (χ1) is 15.6. The predicted molar refractivity (Wildman–Crippen MR) is 117 cm³/mol. The SMILES string of the molecule is CCCOC1COC(c2ccc3c(F)c(CCc4ccc(C#N)c(F)c4)ccc3c2)OC1. The van der Waals surface area contributed by atoms with Crippen molar-refractivity contribution in [3.8, 4) is 6.07 Å². The van der Waals surface area contributed by atoms with Gasteiger partial charge in [-0.3, -0.25) is 0 Å². The van der Waals surface area contributed by atoms with Gasteiger partial charge < -0.3 is 14.2 Å². The van der Waals surface area contributed by atoms with E-state index < -0.39 is 12.1 Å². The fourth-order valence-corrected chi connectivity index (χ4v) is 3.84. The molecule has 0 spiro atoms.